The van der Waals surface area contributed by atoms with Crippen LogP contribution in [0.3, 0.4) is 0 Å². The van der Waals surface area contributed by atoms with E-state index in [9.17, 15) is 9.59 Å². The Morgan fingerprint density at radius 1 is 1.10 bits per heavy atom. The molecule has 4 heterocycles. The Balaban J connectivity index is 1.57. The quantitative estimate of drug-likeness (QED) is 0.478. The van der Waals surface area contributed by atoms with E-state index in [2.05, 4.69) is 57.4 Å². The van der Waals surface area contributed by atoms with Gasteiger partial charge in [0.25, 0.3) is 0 Å². The van der Waals surface area contributed by atoms with Crippen LogP contribution in [0.5, 0.6) is 0 Å². The largest absolute Gasteiger partial charge is 0.444 e. The highest BCUT2D eigenvalue weighted by Crippen LogP contribution is 2.40. The van der Waals surface area contributed by atoms with Crippen molar-refractivity contribution in [3.8, 4) is 0 Å². The van der Waals surface area contributed by atoms with Gasteiger partial charge in [0.15, 0.2) is 0 Å². The molecule has 4 atom stereocenters. The first-order valence-corrected chi connectivity index (χ1v) is 15.6. The summed E-state index contributed by atoms with van der Waals surface area (Å²) in [5.74, 6) is 0.0947. The van der Waals surface area contributed by atoms with Gasteiger partial charge in [-0.15, -0.1) is 0 Å². The third-order valence-electron chi connectivity index (χ3n) is 8.72. The average molecular weight is 572 g/mol. The molecule has 0 aromatic carbocycles. The first-order chi connectivity index (χ1) is 19.2. The van der Waals surface area contributed by atoms with Gasteiger partial charge in [-0.05, 0) is 66.0 Å². The fourth-order valence-electron chi connectivity index (χ4n) is 6.47. The van der Waals surface area contributed by atoms with E-state index in [1.807, 2.05) is 36.8 Å². The summed E-state index contributed by atoms with van der Waals surface area (Å²) in [6.45, 7) is 22.9. The van der Waals surface area contributed by atoms with Crippen molar-refractivity contribution in [3.63, 3.8) is 0 Å². The number of aromatic nitrogens is 1. The molecule has 230 valence electrons. The summed E-state index contributed by atoms with van der Waals surface area (Å²) in [5, 5.41) is 0. The van der Waals surface area contributed by atoms with Crippen LogP contribution in [0.25, 0.3) is 0 Å². The average Bonchev–Trinajstić information content (AvgIpc) is 3.15. The molecule has 41 heavy (non-hydrogen) atoms. The number of rotatable bonds is 7. The second kappa shape index (κ2) is 12.6. The van der Waals surface area contributed by atoms with Crippen molar-refractivity contribution in [1.82, 2.24) is 19.7 Å². The fraction of sp³-hybridized carbons (Fsp3) is 0.781. The number of anilines is 1. The van der Waals surface area contributed by atoms with Crippen LogP contribution in [0.4, 0.5) is 10.5 Å². The molecule has 2 amide bonds. The number of unbranched alkanes of at least 4 members (excludes halogenated alkanes) is 1. The zero-order valence-corrected chi connectivity index (χ0v) is 26.9. The first kappa shape index (κ1) is 31.7. The van der Waals surface area contributed by atoms with Gasteiger partial charge >= 0.3 is 6.09 Å². The maximum atomic E-state index is 14.1. The molecule has 9 nitrogen and oxygen atoms in total. The Hall–Kier alpha value is -2.23. The van der Waals surface area contributed by atoms with Crippen LogP contribution in [0.1, 0.15) is 86.4 Å². The van der Waals surface area contributed by atoms with E-state index in [1.165, 1.54) is 5.56 Å². The van der Waals surface area contributed by atoms with Crippen molar-refractivity contribution in [3.05, 3.63) is 23.5 Å². The molecule has 9 heteroatoms. The Labute approximate surface area is 247 Å². The Morgan fingerprint density at radius 3 is 2.41 bits per heavy atom. The standard InChI is InChI=1S/C32H53N5O4/c1-10-11-12-25-13-27-29(33-14-25)32(8,9)21-37(27)28(38)18-34-15-22(2)36(30(39)41-31(5,6)7)17-26(34)16-35-23(3)19-40-20-24(35)4/h13-14,22-24,26H,10-12,15-21H2,1-9H3. The third kappa shape index (κ3) is 7.41. The minimum atomic E-state index is -0.563. The highest BCUT2D eigenvalue weighted by atomic mass is 16.6. The lowest BCUT2D eigenvalue weighted by atomic mass is 9.91. The molecule has 3 aliphatic heterocycles. The second-order valence-electron chi connectivity index (χ2n) is 14.2. The van der Waals surface area contributed by atoms with Gasteiger partial charge in [-0.1, -0.05) is 27.2 Å². The molecule has 0 spiro atoms. The summed E-state index contributed by atoms with van der Waals surface area (Å²) in [5.41, 5.74) is 2.39. The fourth-order valence-corrected chi connectivity index (χ4v) is 6.47. The lowest BCUT2D eigenvalue weighted by Gasteiger charge is -2.48. The molecule has 4 rings (SSSR count). The molecule has 0 saturated carbocycles. The number of hydrogen-bond acceptors (Lipinski definition) is 7. The number of morpholine rings is 1. The smallest absolute Gasteiger partial charge is 0.410 e. The third-order valence-corrected chi connectivity index (χ3v) is 8.72. The topological polar surface area (TPSA) is 78.5 Å². The van der Waals surface area contributed by atoms with Crippen molar-refractivity contribution in [2.45, 2.75) is 117 Å². The summed E-state index contributed by atoms with van der Waals surface area (Å²) in [6, 6.07) is 2.64. The van der Waals surface area contributed by atoms with Gasteiger partial charge < -0.3 is 19.3 Å². The van der Waals surface area contributed by atoms with E-state index in [-0.39, 0.29) is 41.6 Å². The zero-order valence-electron chi connectivity index (χ0n) is 26.9. The molecule has 2 saturated heterocycles. The van der Waals surface area contributed by atoms with Gasteiger partial charge in [0, 0.05) is 62.0 Å². The Kier molecular flexibility index (Phi) is 9.71. The monoisotopic (exact) mass is 571 g/mol. The summed E-state index contributed by atoms with van der Waals surface area (Å²) in [7, 11) is 0. The molecule has 2 fully saturated rings. The zero-order chi connectivity index (χ0) is 30.1. The second-order valence-corrected chi connectivity index (χ2v) is 14.2. The lowest BCUT2D eigenvalue weighted by Crippen LogP contribution is -2.65. The predicted molar refractivity (Wildman–Crippen MR) is 162 cm³/mol. The van der Waals surface area contributed by atoms with Crippen LogP contribution in [-0.4, -0.2) is 107 Å². The maximum Gasteiger partial charge on any atom is 0.410 e. The van der Waals surface area contributed by atoms with Crippen LogP contribution in [0.2, 0.25) is 0 Å². The summed E-state index contributed by atoms with van der Waals surface area (Å²) in [4.78, 5) is 40.7. The SMILES string of the molecule is CCCCc1cnc2c(c1)N(C(=O)CN1CC(C)N(C(=O)OC(C)(C)C)CC1CN1C(C)COCC1C)CC2(C)C. The number of amides is 2. The van der Waals surface area contributed by atoms with Crippen molar-refractivity contribution in [1.29, 1.82) is 0 Å². The minimum Gasteiger partial charge on any atom is -0.444 e. The van der Waals surface area contributed by atoms with Crippen LogP contribution in [0.15, 0.2) is 12.3 Å². The van der Waals surface area contributed by atoms with Gasteiger partial charge in [-0.3, -0.25) is 19.6 Å². The number of pyridine rings is 1. The van der Waals surface area contributed by atoms with E-state index >= 15 is 0 Å². The van der Waals surface area contributed by atoms with Gasteiger partial charge in [-0.2, -0.15) is 0 Å². The lowest BCUT2D eigenvalue weighted by molar-refractivity contribution is -0.122. The number of nitrogens with zero attached hydrogens (tertiary/aromatic N) is 5. The van der Waals surface area contributed by atoms with Gasteiger partial charge in [0.2, 0.25) is 5.91 Å². The molecule has 0 aliphatic carbocycles. The van der Waals surface area contributed by atoms with Crippen LogP contribution >= 0.6 is 0 Å². The van der Waals surface area contributed by atoms with E-state index in [0.717, 1.165) is 37.2 Å². The normalized spacial score (nSPS) is 27.1. The van der Waals surface area contributed by atoms with Crippen molar-refractivity contribution >= 4 is 17.7 Å². The number of piperazine rings is 1. The van der Waals surface area contributed by atoms with Gasteiger partial charge in [-0.25, -0.2) is 4.79 Å². The Bertz CT molecular complexity index is 1080. The molecule has 1 aromatic rings. The molecule has 0 bridgehead atoms. The summed E-state index contributed by atoms with van der Waals surface area (Å²) >= 11 is 0. The van der Waals surface area contributed by atoms with Crippen molar-refractivity contribution in [2.75, 3.05) is 50.8 Å². The van der Waals surface area contributed by atoms with E-state index in [0.29, 0.717) is 39.4 Å². The number of aryl methyl sites for hydroxylation is 1. The number of hydrogen-bond donors (Lipinski definition) is 0. The summed E-state index contributed by atoms with van der Waals surface area (Å²) in [6.07, 6.45) is 4.91. The minimum absolute atomic E-state index is 0.00485. The van der Waals surface area contributed by atoms with Crippen LogP contribution < -0.4 is 4.90 Å². The number of ether oxygens (including phenoxy) is 2. The highest BCUT2D eigenvalue weighted by Gasteiger charge is 2.43. The number of fused-ring (bicyclic) bond motifs is 1. The van der Waals surface area contributed by atoms with E-state index in [1.54, 1.807) is 0 Å². The van der Waals surface area contributed by atoms with Crippen LogP contribution in [0, 0.1) is 0 Å². The molecule has 0 radical (unpaired) electrons. The molecule has 3 aliphatic rings. The molecule has 1 aromatic heterocycles. The predicted octanol–water partition coefficient (Wildman–Crippen LogP) is 4.47. The molecule has 0 N–H and O–H groups in total. The highest BCUT2D eigenvalue weighted by molar-refractivity contribution is 5.97. The van der Waals surface area contributed by atoms with Gasteiger partial charge in [0.05, 0.1) is 31.1 Å². The van der Waals surface area contributed by atoms with Crippen molar-refractivity contribution in [2.24, 2.45) is 0 Å². The summed E-state index contributed by atoms with van der Waals surface area (Å²) < 4.78 is 11.6. The van der Waals surface area contributed by atoms with E-state index in [4.69, 9.17) is 14.5 Å². The maximum absolute atomic E-state index is 14.1. The van der Waals surface area contributed by atoms with Crippen molar-refractivity contribution < 1.29 is 19.1 Å². The van der Waals surface area contributed by atoms with E-state index < -0.39 is 5.60 Å². The number of carbonyl (C=O) groups is 2. The molecule has 4 unspecified atom stereocenters. The molecular formula is C32H53N5O4. The Morgan fingerprint density at radius 2 is 1.78 bits per heavy atom. The number of carbonyl (C=O) groups excluding carboxylic acids is 2. The van der Waals surface area contributed by atoms with Gasteiger partial charge in [0.1, 0.15) is 5.60 Å². The molecular weight excluding hydrogens is 518 g/mol. The first-order valence-electron chi connectivity index (χ1n) is 15.6. The van der Waals surface area contributed by atoms with Crippen LogP contribution in [-0.2, 0) is 26.1 Å².